The summed E-state index contributed by atoms with van der Waals surface area (Å²) >= 11 is 0. The van der Waals surface area contributed by atoms with Gasteiger partial charge in [0.1, 0.15) is 0 Å². The van der Waals surface area contributed by atoms with Gasteiger partial charge in [0.05, 0.1) is 0 Å². The number of carbonyl (C=O) groups excluding carboxylic acids is 2. The van der Waals surface area contributed by atoms with Gasteiger partial charge in [0, 0.05) is 29.7 Å². The van der Waals surface area contributed by atoms with Crippen molar-refractivity contribution < 1.29 is 9.59 Å². The van der Waals surface area contributed by atoms with Crippen LogP contribution in [0.5, 0.6) is 0 Å². The van der Waals surface area contributed by atoms with Crippen molar-refractivity contribution in [1.29, 1.82) is 0 Å². The van der Waals surface area contributed by atoms with E-state index in [4.69, 9.17) is 5.73 Å². The van der Waals surface area contributed by atoms with Crippen LogP contribution in [0, 0.1) is 0 Å². The Labute approximate surface area is 140 Å². The number of benzene rings is 1. The molecule has 0 aliphatic rings. The number of ketones is 2. The van der Waals surface area contributed by atoms with E-state index in [9.17, 15) is 9.59 Å². The summed E-state index contributed by atoms with van der Waals surface area (Å²) in [6.45, 7) is 4.30. The number of Topliss-reactive ketones (excluding diaryl/α,β-unsaturated/α-hetero) is 2. The van der Waals surface area contributed by atoms with Gasteiger partial charge in [-0.2, -0.15) is 0 Å². The monoisotopic (exact) mass is 317 g/mol. The lowest BCUT2D eigenvalue weighted by molar-refractivity contribution is 0.0978. The number of rotatable bonds is 12. The fourth-order valence-electron chi connectivity index (χ4n) is 2.67. The molecular weight excluding hydrogens is 286 g/mol. The summed E-state index contributed by atoms with van der Waals surface area (Å²) in [4.78, 5) is 24.6. The maximum Gasteiger partial charge on any atom is 0.164 e. The third kappa shape index (κ3) is 6.98. The van der Waals surface area contributed by atoms with Crippen molar-refractivity contribution in [2.24, 2.45) is 0 Å². The maximum absolute atomic E-state index is 12.3. The number of hydrogen-bond acceptors (Lipinski definition) is 3. The summed E-state index contributed by atoms with van der Waals surface area (Å²) in [5.74, 6) is 0.167. The fourth-order valence-corrected chi connectivity index (χ4v) is 2.67. The molecule has 0 amide bonds. The molecule has 0 fully saturated rings. The summed E-state index contributed by atoms with van der Waals surface area (Å²) < 4.78 is 0. The Morgan fingerprint density at radius 2 is 1.39 bits per heavy atom. The third-order valence-corrected chi connectivity index (χ3v) is 4.19. The lowest BCUT2D eigenvalue weighted by Crippen LogP contribution is -2.07. The molecule has 0 aliphatic carbocycles. The SMILES string of the molecule is CCCCCCC(=O)c1ccc(N)c(C(=O)CCCCCC)c1. The van der Waals surface area contributed by atoms with Crippen molar-refractivity contribution >= 4 is 17.3 Å². The van der Waals surface area contributed by atoms with E-state index in [1.54, 1.807) is 18.2 Å². The molecule has 128 valence electrons. The first-order valence-corrected chi connectivity index (χ1v) is 9.06. The average molecular weight is 317 g/mol. The quantitative estimate of drug-likeness (QED) is 0.311. The van der Waals surface area contributed by atoms with Crippen molar-refractivity contribution in [3.8, 4) is 0 Å². The van der Waals surface area contributed by atoms with Crippen molar-refractivity contribution in [2.75, 3.05) is 5.73 Å². The highest BCUT2D eigenvalue weighted by molar-refractivity contribution is 6.04. The predicted octanol–water partition coefficient (Wildman–Crippen LogP) is 5.58. The number of nitrogens with two attached hydrogens (primary N) is 1. The molecule has 0 aromatic heterocycles. The highest BCUT2D eigenvalue weighted by Crippen LogP contribution is 2.19. The number of unbranched alkanes of at least 4 members (excludes halogenated alkanes) is 6. The minimum Gasteiger partial charge on any atom is -0.398 e. The van der Waals surface area contributed by atoms with E-state index in [0.717, 1.165) is 51.4 Å². The third-order valence-electron chi connectivity index (χ3n) is 4.19. The van der Waals surface area contributed by atoms with Crippen LogP contribution in [-0.4, -0.2) is 11.6 Å². The van der Waals surface area contributed by atoms with Gasteiger partial charge in [-0.3, -0.25) is 9.59 Å². The Morgan fingerprint density at radius 1 is 0.826 bits per heavy atom. The first-order chi connectivity index (χ1) is 11.1. The molecule has 1 rings (SSSR count). The molecule has 1 aromatic rings. The topological polar surface area (TPSA) is 60.2 Å². The Kier molecular flexibility index (Phi) is 9.27. The van der Waals surface area contributed by atoms with Crippen LogP contribution in [0.4, 0.5) is 5.69 Å². The van der Waals surface area contributed by atoms with Crippen molar-refractivity contribution in [2.45, 2.75) is 78.1 Å². The van der Waals surface area contributed by atoms with Gasteiger partial charge in [-0.15, -0.1) is 0 Å². The molecule has 3 nitrogen and oxygen atoms in total. The standard InChI is InChI=1S/C20H31NO2/c1-3-5-7-9-11-19(22)16-13-14-18(21)17(15-16)20(23)12-10-8-6-4-2/h13-15H,3-12,21H2,1-2H3. The summed E-state index contributed by atoms with van der Waals surface area (Å²) in [5, 5.41) is 0. The van der Waals surface area contributed by atoms with Crippen LogP contribution >= 0.6 is 0 Å². The largest absolute Gasteiger partial charge is 0.398 e. The molecule has 1 aromatic carbocycles. The highest BCUT2D eigenvalue weighted by Gasteiger charge is 2.13. The fraction of sp³-hybridized carbons (Fsp3) is 0.600. The van der Waals surface area contributed by atoms with Crippen LogP contribution in [0.15, 0.2) is 18.2 Å². The van der Waals surface area contributed by atoms with E-state index in [2.05, 4.69) is 13.8 Å². The van der Waals surface area contributed by atoms with Crippen LogP contribution in [0.1, 0.15) is 98.8 Å². The van der Waals surface area contributed by atoms with Crippen molar-refractivity contribution in [1.82, 2.24) is 0 Å². The summed E-state index contributed by atoms with van der Waals surface area (Å²) in [5.41, 5.74) is 7.54. The van der Waals surface area contributed by atoms with E-state index in [1.807, 2.05) is 0 Å². The Bertz CT molecular complexity index is 508. The molecule has 2 N–H and O–H groups in total. The molecule has 0 heterocycles. The zero-order chi connectivity index (χ0) is 17.1. The van der Waals surface area contributed by atoms with Crippen LogP contribution < -0.4 is 5.73 Å². The zero-order valence-electron chi connectivity index (χ0n) is 14.7. The van der Waals surface area contributed by atoms with Gasteiger partial charge < -0.3 is 5.73 Å². The number of nitrogen functional groups attached to an aromatic ring is 1. The van der Waals surface area contributed by atoms with Crippen LogP contribution in [0.3, 0.4) is 0 Å². The van der Waals surface area contributed by atoms with Crippen LogP contribution in [0.25, 0.3) is 0 Å². The van der Waals surface area contributed by atoms with E-state index in [1.165, 1.54) is 0 Å². The number of hydrogen-bond donors (Lipinski definition) is 1. The molecule has 0 spiro atoms. The Balaban J connectivity index is 2.63. The second-order valence-corrected chi connectivity index (χ2v) is 6.27. The molecule has 3 heteroatoms. The predicted molar refractivity (Wildman–Crippen MR) is 97.0 cm³/mol. The zero-order valence-corrected chi connectivity index (χ0v) is 14.7. The molecule has 23 heavy (non-hydrogen) atoms. The average Bonchev–Trinajstić information content (AvgIpc) is 2.55. The molecule has 0 atom stereocenters. The Morgan fingerprint density at radius 3 is 1.96 bits per heavy atom. The molecule has 0 aliphatic heterocycles. The molecule has 0 saturated heterocycles. The van der Waals surface area contributed by atoms with Gasteiger partial charge in [0.25, 0.3) is 0 Å². The van der Waals surface area contributed by atoms with Gasteiger partial charge in [-0.1, -0.05) is 52.4 Å². The van der Waals surface area contributed by atoms with Gasteiger partial charge in [-0.05, 0) is 31.0 Å². The second-order valence-electron chi connectivity index (χ2n) is 6.27. The smallest absolute Gasteiger partial charge is 0.164 e. The van der Waals surface area contributed by atoms with Gasteiger partial charge >= 0.3 is 0 Å². The van der Waals surface area contributed by atoms with Gasteiger partial charge in [-0.25, -0.2) is 0 Å². The summed E-state index contributed by atoms with van der Waals surface area (Å²) in [6.07, 6.45) is 9.64. The molecule has 0 saturated carbocycles. The normalized spacial score (nSPS) is 10.7. The van der Waals surface area contributed by atoms with Crippen molar-refractivity contribution in [3.05, 3.63) is 29.3 Å². The van der Waals surface area contributed by atoms with Crippen LogP contribution in [-0.2, 0) is 0 Å². The highest BCUT2D eigenvalue weighted by atomic mass is 16.1. The molecule has 0 radical (unpaired) electrons. The Hall–Kier alpha value is -1.64. The van der Waals surface area contributed by atoms with Gasteiger partial charge in [0.2, 0.25) is 0 Å². The van der Waals surface area contributed by atoms with Crippen molar-refractivity contribution in [3.63, 3.8) is 0 Å². The van der Waals surface area contributed by atoms with E-state index >= 15 is 0 Å². The minimum absolute atomic E-state index is 0.0548. The lowest BCUT2D eigenvalue weighted by Gasteiger charge is -2.08. The first kappa shape index (κ1) is 19.4. The van der Waals surface area contributed by atoms with Crippen LogP contribution in [0.2, 0.25) is 0 Å². The van der Waals surface area contributed by atoms with E-state index in [0.29, 0.717) is 29.7 Å². The summed E-state index contributed by atoms with van der Waals surface area (Å²) in [6, 6.07) is 5.13. The molecular formula is C20H31NO2. The summed E-state index contributed by atoms with van der Waals surface area (Å²) in [7, 11) is 0. The van der Waals surface area contributed by atoms with E-state index < -0.39 is 0 Å². The minimum atomic E-state index is 0.0548. The second kappa shape index (κ2) is 11.0. The first-order valence-electron chi connectivity index (χ1n) is 9.06. The number of anilines is 1. The molecule has 0 unspecified atom stereocenters. The van der Waals surface area contributed by atoms with Gasteiger partial charge in [0.15, 0.2) is 11.6 Å². The molecule has 0 bridgehead atoms. The lowest BCUT2D eigenvalue weighted by atomic mass is 9.97. The van der Waals surface area contributed by atoms with E-state index in [-0.39, 0.29) is 11.6 Å². The number of carbonyl (C=O) groups is 2. The maximum atomic E-state index is 12.3.